The van der Waals surface area contributed by atoms with Gasteiger partial charge in [-0.15, -0.1) is 0 Å². The molecule has 0 atom stereocenters. The first kappa shape index (κ1) is 14.4. The first-order chi connectivity index (χ1) is 10.1. The number of hydrogen-bond acceptors (Lipinski definition) is 4. The molecule has 0 spiro atoms. The largest absolute Gasteiger partial charge is 0.314 e. The number of nitrogens with zero attached hydrogens (tertiary/aromatic N) is 4. The Morgan fingerprint density at radius 1 is 1.19 bits per heavy atom. The van der Waals surface area contributed by atoms with Crippen LogP contribution >= 0.6 is 0 Å². The summed E-state index contributed by atoms with van der Waals surface area (Å²) >= 11 is 0. The van der Waals surface area contributed by atoms with Crippen molar-refractivity contribution in [2.75, 3.05) is 23.5 Å². The molecular weight excluding hydrogens is 272 g/mol. The first-order valence-electron chi connectivity index (χ1n) is 6.23. The number of para-hydroxylation sites is 1. The average molecular weight is 286 g/mol. The molecule has 0 radical (unpaired) electrons. The van der Waals surface area contributed by atoms with E-state index in [0.717, 1.165) is 5.01 Å². The van der Waals surface area contributed by atoms with E-state index in [1.807, 2.05) is 6.07 Å². The van der Waals surface area contributed by atoms with Gasteiger partial charge in [-0.1, -0.05) is 23.2 Å². The highest BCUT2D eigenvalue weighted by atomic mass is 16.7. The number of benzene rings is 1. The van der Waals surface area contributed by atoms with Crippen molar-refractivity contribution in [1.29, 1.82) is 0 Å². The molecule has 0 saturated heterocycles. The van der Waals surface area contributed by atoms with E-state index in [9.17, 15) is 14.9 Å². The summed E-state index contributed by atoms with van der Waals surface area (Å²) in [5.74, 6) is -0.387. The Morgan fingerprint density at radius 2 is 1.86 bits per heavy atom. The topological polar surface area (TPSA) is 79.6 Å². The standard InChI is InChI=1S/C14H14N4O3/c1-16(12-6-3-2-4-7-12)14(19)11-17(18(20)21)13-8-5-9-15-10-13/h2-10H,11H2,1H3. The normalized spacial score (nSPS) is 9.95. The molecule has 1 heterocycles. The van der Waals surface area contributed by atoms with E-state index in [1.54, 1.807) is 37.4 Å². The summed E-state index contributed by atoms with van der Waals surface area (Å²) in [6.45, 7) is -0.371. The number of rotatable bonds is 5. The molecule has 1 aromatic heterocycles. The monoisotopic (exact) mass is 286 g/mol. The molecule has 0 aliphatic carbocycles. The highest BCUT2D eigenvalue weighted by molar-refractivity contribution is 5.95. The Labute approximate surface area is 121 Å². The van der Waals surface area contributed by atoms with Crippen LogP contribution in [0.5, 0.6) is 0 Å². The number of hydrogen-bond donors (Lipinski definition) is 0. The van der Waals surface area contributed by atoms with Crippen molar-refractivity contribution >= 4 is 17.3 Å². The Morgan fingerprint density at radius 3 is 2.43 bits per heavy atom. The third-order valence-corrected chi connectivity index (χ3v) is 2.94. The maximum Gasteiger partial charge on any atom is 0.252 e. The maximum absolute atomic E-state index is 12.2. The van der Waals surface area contributed by atoms with Crippen LogP contribution in [-0.4, -0.2) is 29.5 Å². The van der Waals surface area contributed by atoms with Crippen LogP contribution in [-0.2, 0) is 4.79 Å². The summed E-state index contributed by atoms with van der Waals surface area (Å²) in [5, 5.41) is 11.3. The predicted octanol–water partition coefficient (Wildman–Crippen LogP) is 1.74. The molecule has 108 valence electrons. The number of anilines is 2. The van der Waals surface area contributed by atoms with Crippen LogP contribution < -0.4 is 9.91 Å². The van der Waals surface area contributed by atoms with Crippen LogP contribution in [0.2, 0.25) is 0 Å². The van der Waals surface area contributed by atoms with Crippen LogP contribution in [0.15, 0.2) is 54.9 Å². The summed E-state index contributed by atoms with van der Waals surface area (Å²) in [6.07, 6.45) is 2.86. The molecule has 2 aromatic rings. The van der Waals surface area contributed by atoms with Crippen molar-refractivity contribution in [2.24, 2.45) is 0 Å². The van der Waals surface area contributed by atoms with E-state index in [4.69, 9.17) is 0 Å². The van der Waals surface area contributed by atoms with E-state index in [0.29, 0.717) is 5.69 Å². The van der Waals surface area contributed by atoms with Gasteiger partial charge in [0.25, 0.3) is 5.91 Å². The van der Waals surface area contributed by atoms with Crippen molar-refractivity contribution in [3.63, 3.8) is 0 Å². The quantitative estimate of drug-likeness (QED) is 0.618. The SMILES string of the molecule is CN(C(=O)CN(c1cccnc1)[N+](=O)[O-])c1ccccc1. The van der Waals surface area contributed by atoms with Gasteiger partial charge >= 0.3 is 0 Å². The highest BCUT2D eigenvalue weighted by Crippen LogP contribution is 2.15. The number of nitro groups is 1. The number of amides is 1. The zero-order valence-corrected chi connectivity index (χ0v) is 11.4. The second kappa shape index (κ2) is 6.47. The van der Waals surface area contributed by atoms with Gasteiger partial charge in [-0.2, -0.15) is 0 Å². The molecule has 0 fully saturated rings. The smallest absolute Gasteiger partial charge is 0.252 e. The van der Waals surface area contributed by atoms with E-state index in [1.165, 1.54) is 23.4 Å². The van der Waals surface area contributed by atoms with Crippen molar-refractivity contribution in [1.82, 2.24) is 4.98 Å². The van der Waals surface area contributed by atoms with Crippen LogP contribution in [0, 0.1) is 10.1 Å². The summed E-state index contributed by atoms with van der Waals surface area (Å²) in [7, 11) is 1.58. The second-order valence-electron chi connectivity index (χ2n) is 4.30. The van der Waals surface area contributed by atoms with E-state index in [-0.39, 0.29) is 18.1 Å². The summed E-state index contributed by atoms with van der Waals surface area (Å²) in [5.41, 5.74) is 0.939. The molecule has 7 heteroatoms. The van der Waals surface area contributed by atoms with Crippen LogP contribution in [0.3, 0.4) is 0 Å². The molecule has 0 saturated carbocycles. The third-order valence-electron chi connectivity index (χ3n) is 2.94. The maximum atomic E-state index is 12.2. The number of hydrazine groups is 1. The number of likely N-dealkylation sites (N-methyl/N-ethyl adjacent to an activating group) is 1. The number of carbonyl (C=O) groups excluding carboxylic acids is 1. The molecule has 7 nitrogen and oxygen atoms in total. The lowest BCUT2D eigenvalue weighted by Gasteiger charge is -2.20. The fourth-order valence-corrected chi connectivity index (χ4v) is 1.78. The predicted molar refractivity (Wildman–Crippen MR) is 78.4 cm³/mol. The fraction of sp³-hybridized carbons (Fsp3) is 0.143. The van der Waals surface area contributed by atoms with Crippen molar-refractivity contribution in [3.8, 4) is 0 Å². The second-order valence-corrected chi connectivity index (χ2v) is 4.30. The van der Waals surface area contributed by atoms with Gasteiger partial charge in [0.15, 0.2) is 11.6 Å². The van der Waals surface area contributed by atoms with Crippen molar-refractivity contribution < 1.29 is 9.83 Å². The average Bonchev–Trinajstić information content (AvgIpc) is 2.53. The van der Waals surface area contributed by atoms with Crippen molar-refractivity contribution in [3.05, 3.63) is 65.0 Å². The molecule has 0 aliphatic rings. The molecule has 0 bridgehead atoms. The minimum atomic E-state index is -0.617. The first-order valence-corrected chi connectivity index (χ1v) is 6.23. The van der Waals surface area contributed by atoms with Gasteiger partial charge in [0.1, 0.15) is 5.69 Å². The van der Waals surface area contributed by atoms with Crippen LogP contribution in [0.1, 0.15) is 0 Å². The Balaban J connectivity index is 2.14. The lowest BCUT2D eigenvalue weighted by atomic mass is 10.3. The molecule has 0 N–H and O–H groups in total. The lowest BCUT2D eigenvalue weighted by Crippen LogP contribution is -2.41. The van der Waals surface area contributed by atoms with E-state index >= 15 is 0 Å². The fourth-order valence-electron chi connectivity index (χ4n) is 1.78. The minimum absolute atomic E-state index is 0.261. The van der Waals surface area contributed by atoms with Crippen LogP contribution in [0.4, 0.5) is 11.4 Å². The van der Waals surface area contributed by atoms with E-state index < -0.39 is 5.03 Å². The summed E-state index contributed by atoms with van der Waals surface area (Å²) < 4.78 is 0. The Hall–Kier alpha value is -2.96. The molecule has 0 unspecified atom stereocenters. The number of pyridine rings is 1. The van der Waals surface area contributed by atoms with Gasteiger partial charge in [0.2, 0.25) is 0 Å². The Bertz CT molecular complexity index is 619. The third kappa shape index (κ3) is 3.53. The van der Waals surface area contributed by atoms with Gasteiger partial charge in [-0.05, 0) is 24.3 Å². The molecule has 1 aromatic carbocycles. The summed E-state index contributed by atoms with van der Waals surface area (Å²) in [6, 6.07) is 12.1. The minimum Gasteiger partial charge on any atom is -0.314 e. The molecule has 21 heavy (non-hydrogen) atoms. The van der Waals surface area contributed by atoms with Crippen molar-refractivity contribution in [2.45, 2.75) is 0 Å². The molecular formula is C14H14N4O3. The van der Waals surface area contributed by atoms with E-state index in [2.05, 4.69) is 4.98 Å². The number of carbonyl (C=O) groups is 1. The Kier molecular flexibility index (Phi) is 4.45. The number of aromatic nitrogens is 1. The highest BCUT2D eigenvalue weighted by Gasteiger charge is 2.24. The van der Waals surface area contributed by atoms with Gasteiger partial charge in [-0.3, -0.25) is 9.78 Å². The molecule has 1 amide bonds. The molecule has 0 aliphatic heterocycles. The lowest BCUT2D eigenvalue weighted by molar-refractivity contribution is -0.493. The van der Waals surface area contributed by atoms with Gasteiger partial charge in [0, 0.05) is 18.9 Å². The van der Waals surface area contributed by atoms with Crippen LogP contribution in [0.25, 0.3) is 0 Å². The zero-order chi connectivity index (χ0) is 15.2. The molecule has 2 rings (SSSR count). The van der Waals surface area contributed by atoms with Gasteiger partial charge in [-0.25, -0.2) is 10.1 Å². The summed E-state index contributed by atoms with van der Waals surface area (Å²) in [4.78, 5) is 28.5. The van der Waals surface area contributed by atoms with Gasteiger partial charge in [0.05, 0.1) is 6.20 Å². The zero-order valence-electron chi connectivity index (χ0n) is 11.4. The van der Waals surface area contributed by atoms with Gasteiger partial charge < -0.3 is 4.90 Å².